The van der Waals surface area contributed by atoms with E-state index in [-0.39, 0.29) is 18.0 Å². The average Bonchev–Trinajstić information content (AvgIpc) is 2.97. The number of benzene rings is 1. The topological polar surface area (TPSA) is 75.1 Å². The first-order chi connectivity index (χ1) is 10.2. The van der Waals surface area contributed by atoms with Crippen molar-refractivity contribution in [2.45, 2.75) is 6.54 Å². The van der Waals surface area contributed by atoms with Gasteiger partial charge in [-0.1, -0.05) is 36.4 Å². The largest absolute Gasteiger partial charge is 0.494 e. The first-order valence-corrected chi connectivity index (χ1v) is 7.18. The lowest BCUT2D eigenvalue weighted by Crippen LogP contribution is -2.31. The van der Waals surface area contributed by atoms with Crippen LogP contribution in [0, 0.1) is 0 Å². The zero-order chi connectivity index (χ0) is 14.8. The lowest BCUT2D eigenvalue weighted by Gasteiger charge is -2.10. The predicted molar refractivity (Wildman–Crippen MR) is 81.8 cm³/mol. The van der Waals surface area contributed by atoms with Gasteiger partial charge in [-0.25, -0.2) is 4.79 Å². The Bertz CT molecular complexity index is 864. The van der Waals surface area contributed by atoms with Gasteiger partial charge in [0.2, 0.25) is 5.88 Å². The van der Waals surface area contributed by atoms with E-state index in [9.17, 15) is 14.7 Å². The number of aromatic amines is 1. The fraction of sp³-hybridized carbons (Fsp3) is 0.0667. The van der Waals surface area contributed by atoms with E-state index in [0.717, 1.165) is 9.44 Å². The van der Waals surface area contributed by atoms with Crippen molar-refractivity contribution in [2.75, 3.05) is 0 Å². The summed E-state index contributed by atoms with van der Waals surface area (Å²) in [6, 6.07) is 12.5. The van der Waals surface area contributed by atoms with Crippen LogP contribution in [0.25, 0.3) is 11.1 Å². The predicted octanol–water partition coefficient (Wildman–Crippen LogP) is 2.02. The Kier molecular flexibility index (Phi) is 3.45. The van der Waals surface area contributed by atoms with Crippen molar-refractivity contribution in [3.05, 3.63) is 73.6 Å². The lowest BCUT2D eigenvalue weighted by molar-refractivity contribution is 0.412. The molecule has 0 atom stereocenters. The maximum absolute atomic E-state index is 12.0. The van der Waals surface area contributed by atoms with Crippen LogP contribution in [-0.4, -0.2) is 14.7 Å². The fourth-order valence-corrected chi connectivity index (χ4v) is 2.82. The Balaban J connectivity index is 2.18. The Morgan fingerprint density at radius 1 is 1.10 bits per heavy atom. The van der Waals surface area contributed by atoms with Crippen molar-refractivity contribution < 1.29 is 5.11 Å². The maximum Gasteiger partial charge on any atom is 0.331 e. The molecular weight excluding hydrogens is 288 g/mol. The molecule has 5 nitrogen and oxygen atoms in total. The van der Waals surface area contributed by atoms with Gasteiger partial charge in [-0.05, 0) is 17.0 Å². The van der Waals surface area contributed by atoms with Crippen LogP contribution in [0.4, 0.5) is 0 Å². The number of H-pyrrole nitrogens is 1. The van der Waals surface area contributed by atoms with Crippen molar-refractivity contribution >= 4 is 11.3 Å². The second-order valence-corrected chi connectivity index (χ2v) is 5.52. The standard InChI is InChI=1S/C15H12N2O3S/c18-13-12(10-5-2-1-3-6-10)14(19)17(15(20)16-13)9-11-7-4-8-21-11/h1-8,19H,9H2,(H,16,18,20). The summed E-state index contributed by atoms with van der Waals surface area (Å²) in [6.07, 6.45) is 0. The third kappa shape index (κ3) is 2.53. The van der Waals surface area contributed by atoms with Gasteiger partial charge in [0.25, 0.3) is 5.56 Å². The number of aromatic nitrogens is 2. The molecule has 0 saturated carbocycles. The van der Waals surface area contributed by atoms with Crippen LogP contribution in [-0.2, 0) is 6.54 Å². The van der Waals surface area contributed by atoms with E-state index in [0.29, 0.717) is 5.56 Å². The Morgan fingerprint density at radius 2 is 1.86 bits per heavy atom. The Hall–Kier alpha value is -2.60. The zero-order valence-electron chi connectivity index (χ0n) is 10.9. The molecule has 0 spiro atoms. The van der Waals surface area contributed by atoms with E-state index in [2.05, 4.69) is 4.98 Å². The van der Waals surface area contributed by atoms with Crippen LogP contribution in [0.1, 0.15) is 4.88 Å². The van der Waals surface area contributed by atoms with Gasteiger partial charge in [-0.3, -0.25) is 14.3 Å². The normalized spacial score (nSPS) is 10.7. The second-order valence-electron chi connectivity index (χ2n) is 4.49. The number of nitrogens with zero attached hydrogens (tertiary/aromatic N) is 1. The van der Waals surface area contributed by atoms with E-state index in [4.69, 9.17) is 0 Å². The minimum Gasteiger partial charge on any atom is -0.494 e. The molecule has 3 aromatic rings. The van der Waals surface area contributed by atoms with E-state index in [1.165, 1.54) is 11.3 Å². The third-order valence-corrected chi connectivity index (χ3v) is 3.99. The number of hydrogen-bond donors (Lipinski definition) is 2. The molecular formula is C15H12N2O3S. The molecule has 0 saturated heterocycles. The summed E-state index contributed by atoms with van der Waals surface area (Å²) >= 11 is 1.48. The van der Waals surface area contributed by atoms with Crippen molar-refractivity contribution in [1.29, 1.82) is 0 Å². The fourth-order valence-electron chi connectivity index (χ4n) is 2.13. The summed E-state index contributed by atoms with van der Waals surface area (Å²) < 4.78 is 1.16. The molecule has 2 heterocycles. The molecule has 0 aliphatic rings. The van der Waals surface area contributed by atoms with Gasteiger partial charge < -0.3 is 5.11 Å². The monoisotopic (exact) mass is 300 g/mol. The number of aromatic hydroxyl groups is 1. The summed E-state index contributed by atoms with van der Waals surface area (Å²) in [6.45, 7) is 0.221. The molecule has 1 aromatic carbocycles. The molecule has 0 radical (unpaired) electrons. The average molecular weight is 300 g/mol. The van der Waals surface area contributed by atoms with E-state index in [1.807, 2.05) is 23.6 Å². The smallest absolute Gasteiger partial charge is 0.331 e. The van der Waals surface area contributed by atoms with Crippen LogP contribution < -0.4 is 11.2 Å². The van der Waals surface area contributed by atoms with Gasteiger partial charge in [0.1, 0.15) is 5.56 Å². The second kappa shape index (κ2) is 5.41. The summed E-state index contributed by atoms with van der Waals surface area (Å²) in [5, 5.41) is 12.2. The quantitative estimate of drug-likeness (QED) is 0.777. The van der Waals surface area contributed by atoms with Gasteiger partial charge >= 0.3 is 5.69 Å². The number of thiophene rings is 1. The highest BCUT2D eigenvalue weighted by atomic mass is 32.1. The minimum absolute atomic E-state index is 0.103. The van der Waals surface area contributed by atoms with Crippen molar-refractivity contribution in [1.82, 2.24) is 9.55 Å². The molecule has 0 aliphatic heterocycles. The molecule has 0 fully saturated rings. The Morgan fingerprint density at radius 3 is 2.52 bits per heavy atom. The van der Waals surface area contributed by atoms with Crippen LogP contribution in [0.15, 0.2) is 57.4 Å². The molecule has 3 rings (SSSR count). The van der Waals surface area contributed by atoms with Crippen LogP contribution >= 0.6 is 11.3 Å². The van der Waals surface area contributed by atoms with Gasteiger partial charge in [-0.2, -0.15) is 0 Å². The highest BCUT2D eigenvalue weighted by Gasteiger charge is 2.16. The van der Waals surface area contributed by atoms with E-state index >= 15 is 0 Å². The summed E-state index contributed by atoms with van der Waals surface area (Å²) in [4.78, 5) is 27.1. The Labute approximate surface area is 123 Å². The molecule has 21 heavy (non-hydrogen) atoms. The summed E-state index contributed by atoms with van der Waals surface area (Å²) in [7, 11) is 0. The zero-order valence-corrected chi connectivity index (χ0v) is 11.8. The molecule has 0 unspecified atom stereocenters. The van der Waals surface area contributed by atoms with E-state index < -0.39 is 11.2 Å². The molecule has 106 valence electrons. The summed E-state index contributed by atoms with van der Waals surface area (Å²) in [5.41, 5.74) is -0.542. The number of nitrogens with one attached hydrogen (secondary N) is 1. The highest BCUT2D eigenvalue weighted by Crippen LogP contribution is 2.24. The van der Waals surface area contributed by atoms with Crippen molar-refractivity contribution in [3.8, 4) is 17.0 Å². The first-order valence-electron chi connectivity index (χ1n) is 6.30. The lowest BCUT2D eigenvalue weighted by atomic mass is 10.1. The molecule has 6 heteroatoms. The number of hydrogen-bond acceptors (Lipinski definition) is 4. The molecule has 0 bridgehead atoms. The maximum atomic E-state index is 12.0. The van der Waals surface area contributed by atoms with Crippen molar-refractivity contribution in [3.63, 3.8) is 0 Å². The van der Waals surface area contributed by atoms with Crippen LogP contribution in [0.5, 0.6) is 5.88 Å². The molecule has 2 aromatic heterocycles. The molecule has 0 amide bonds. The van der Waals surface area contributed by atoms with Gasteiger partial charge in [0.15, 0.2) is 0 Å². The number of rotatable bonds is 3. The third-order valence-electron chi connectivity index (χ3n) is 3.13. The molecule has 0 aliphatic carbocycles. The SMILES string of the molecule is O=c1[nH]c(=O)n(Cc2cccs2)c(O)c1-c1ccccc1. The van der Waals surface area contributed by atoms with E-state index in [1.54, 1.807) is 24.3 Å². The van der Waals surface area contributed by atoms with Crippen molar-refractivity contribution in [2.24, 2.45) is 0 Å². The van der Waals surface area contributed by atoms with Gasteiger partial charge in [-0.15, -0.1) is 11.3 Å². The summed E-state index contributed by atoms with van der Waals surface area (Å²) in [5.74, 6) is -0.316. The molecule has 2 N–H and O–H groups in total. The highest BCUT2D eigenvalue weighted by molar-refractivity contribution is 7.09. The van der Waals surface area contributed by atoms with Crippen LogP contribution in [0.2, 0.25) is 0 Å². The first kappa shape index (κ1) is 13.4. The van der Waals surface area contributed by atoms with Gasteiger partial charge in [0.05, 0.1) is 6.54 Å². The minimum atomic E-state index is -0.620. The van der Waals surface area contributed by atoms with Crippen LogP contribution in [0.3, 0.4) is 0 Å². The van der Waals surface area contributed by atoms with Gasteiger partial charge in [0, 0.05) is 4.88 Å².